The molecule has 10 heteroatoms. The van der Waals surface area contributed by atoms with E-state index in [0.29, 0.717) is 37.4 Å². The van der Waals surface area contributed by atoms with Gasteiger partial charge in [0.2, 0.25) is 15.9 Å². The number of methoxy groups -OCH3 is 2. The van der Waals surface area contributed by atoms with Crippen molar-refractivity contribution < 1.29 is 31.8 Å². The molecule has 0 radical (unpaired) electrons. The van der Waals surface area contributed by atoms with Gasteiger partial charge in [0.1, 0.15) is 11.5 Å². The van der Waals surface area contributed by atoms with Gasteiger partial charge in [0.25, 0.3) is 0 Å². The first-order chi connectivity index (χ1) is 15.8. The molecule has 2 aromatic carbocycles. The molecule has 0 aromatic heterocycles. The molecular formula is C23H27FN2O6S. The summed E-state index contributed by atoms with van der Waals surface area (Å²) in [5.41, 5.74) is -0.191. The van der Waals surface area contributed by atoms with Crippen LogP contribution in [-0.2, 0) is 26.0 Å². The zero-order chi connectivity index (χ0) is 23.6. The fraction of sp³-hybridized carbons (Fsp3) is 0.435. The first-order valence-corrected chi connectivity index (χ1v) is 12.1. The van der Waals surface area contributed by atoms with Crippen molar-refractivity contribution in [3.63, 3.8) is 0 Å². The second-order valence-corrected chi connectivity index (χ2v) is 9.93. The van der Waals surface area contributed by atoms with Crippen LogP contribution in [0.2, 0.25) is 0 Å². The highest BCUT2D eigenvalue weighted by Crippen LogP contribution is 2.38. The van der Waals surface area contributed by atoms with Crippen molar-refractivity contribution in [2.24, 2.45) is 0 Å². The summed E-state index contributed by atoms with van der Waals surface area (Å²) in [5.74, 6) is 0.599. The van der Waals surface area contributed by atoms with E-state index in [-0.39, 0.29) is 30.4 Å². The first-order valence-electron chi connectivity index (χ1n) is 10.7. The van der Waals surface area contributed by atoms with Crippen LogP contribution in [0.15, 0.2) is 47.4 Å². The fourth-order valence-corrected chi connectivity index (χ4v) is 6.17. The average Bonchev–Trinajstić information content (AvgIpc) is 3.23. The Morgan fingerprint density at radius 3 is 2.33 bits per heavy atom. The zero-order valence-corrected chi connectivity index (χ0v) is 19.4. The minimum Gasteiger partial charge on any atom is -0.493 e. The Labute approximate surface area is 192 Å². The van der Waals surface area contributed by atoms with Crippen molar-refractivity contribution in [2.45, 2.75) is 29.9 Å². The standard InChI is InChI=1S/C23H27FN2O6S/c1-30-20-8-3-17(15-21(20)31-2)16-22(27)25-11-9-23(10-12-25)26(13-14-32-23)33(28,29)19-6-4-18(24)5-7-19/h3-8,15H,9-14,16H2,1-2H3. The Kier molecular flexibility index (Phi) is 6.60. The summed E-state index contributed by atoms with van der Waals surface area (Å²) in [4.78, 5) is 14.7. The van der Waals surface area contributed by atoms with Crippen LogP contribution < -0.4 is 9.47 Å². The normalized spacial score (nSPS) is 18.5. The number of hydrogen-bond acceptors (Lipinski definition) is 6. The van der Waals surface area contributed by atoms with Gasteiger partial charge in [0.15, 0.2) is 11.5 Å². The maximum Gasteiger partial charge on any atom is 0.245 e. The minimum atomic E-state index is -3.85. The van der Waals surface area contributed by atoms with Crippen LogP contribution in [0.3, 0.4) is 0 Å². The number of sulfonamides is 1. The van der Waals surface area contributed by atoms with Gasteiger partial charge >= 0.3 is 0 Å². The summed E-state index contributed by atoms with van der Waals surface area (Å²) in [5, 5.41) is 0. The van der Waals surface area contributed by atoms with Gasteiger partial charge in [-0.3, -0.25) is 4.79 Å². The monoisotopic (exact) mass is 478 g/mol. The molecule has 2 aliphatic rings. The highest BCUT2D eigenvalue weighted by Gasteiger charge is 2.50. The summed E-state index contributed by atoms with van der Waals surface area (Å²) in [7, 11) is -0.757. The van der Waals surface area contributed by atoms with Crippen LogP contribution >= 0.6 is 0 Å². The number of ether oxygens (including phenoxy) is 3. The van der Waals surface area contributed by atoms with Gasteiger partial charge in [-0.05, 0) is 42.0 Å². The number of halogens is 1. The lowest BCUT2D eigenvalue weighted by Crippen LogP contribution is -2.55. The number of benzene rings is 2. The number of rotatable bonds is 6. The predicted molar refractivity (Wildman–Crippen MR) is 118 cm³/mol. The van der Waals surface area contributed by atoms with E-state index >= 15 is 0 Å². The summed E-state index contributed by atoms with van der Waals surface area (Å²) >= 11 is 0. The van der Waals surface area contributed by atoms with Crippen LogP contribution in [0.1, 0.15) is 18.4 Å². The topological polar surface area (TPSA) is 85.4 Å². The highest BCUT2D eigenvalue weighted by molar-refractivity contribution is 7.89. The van der Waals surface area contributed by atoms with Gasteiger partial charge in [0, 0.05) is 32.5 Å². The quantitative estimate of drug-likeness (QED) is 0.634. The molecule has 33 heavy (non-hydrogen) atoms. The van der Waals surface area contributed by atoms with Crippen LogP contribution in [0.4, 0.5) is 4.39 Å². The summed E-state index contributed by atoms with van der Waals surface area (Å²) in [6, 6.07) is 10.1. The van der Waals surface area contributed by atoms with E-state index in [0.717, 1.165) is 17.7 Å². The van der Waals surface area contributed by atoms with Crippen LogP contribution in [0.5, 0.6) is 11.5 Å². The number of nitrogens with zero attached hydrogens (tertiary/aromatic N) is 2. The molecule has 0 unspecified atom stereocenters. The van der Waals surface area contributed by atoms with Crippen molar-refractivity contribution in [2.75, 3.05) is 40.5 Å². The summed E-state index contributed by atoms with van der Waals surface area (Å²) in [6.07, 6.45) is 0.933. The molecular weight excluding hydrogens is 451 g/mol. The lowest BCUT2D eigenvalue weighted by atomic mass is 10.00. The molecule has 2 aliphatic heterocycles. The van der Waals surface area contributed by atoms with Crippen molar-refractivity contribution in [3.05, 3.63) is 53.8 Å². The van der Waals surface area contributed by atoms with Crippen LogP contribution in [0.25, 0.3) is 0 Å². The van der Waals surface area contributed by atoms with Gasteiger partial charge in [-0.2, -0.15) is 4.31 Å². The minimum absolute atomic E-state index is 0.0285. The lowest BCUT2D eigenvalue weighted by Gasteiger charge is -2.42. The van der Waals surface area contributed by atoms with Gasteiger partial charge in [0.05, 0.1) is 32.1 Å². The third-order valence-corrected chi connectivity index (χ3v) is 8.19. The predicted octanol–water partition coefficient (Wildman–Crippen LogP) is 2.43. The fourth-order valence-electron chi connectivity index (χ4n) is 4.44. The molecule has 2 fully saturated rings. The van der Waals surface area contributed by atoms with Crippen molar-refractivity contribution in [1.82, 2.24) is 9.21 Å². The zero-order valence-electron chi connectivity index (χ0n) is 18.6. The number of likely N-dealkylation sites (tertiary alicyclic amines) is 1. The molecule has 178 valence electrons. The van der Waals surface area contributed by atoms with Gasteiger partial charge in [-0.1, -0.05) is 6.07 Å². The van der Waals surface area contributed by atoms with Gasteiger partial charge in [-0.25, -0.2) is 12.8 Å². The number of carbonyl (C=O) groups is 1. The molecule has 2 heterocycles. The lowest BCUT2D eigenvalue weighted by molar-refractivity contribution is -0.139. The van der Waals surface area contributed by atoms with E-state index in [4.69, 9.17) is 14.2 Å². The summed E-state index contributed by atoms with van der Waals surface area (Å²) < 4.78 is 57.5. The third kappa shape index (κ3) is 4.55. The Bertz CT molecular complexity index is 1110. The van der Waals surface area contributed by atoms with E-state index in [1.807, 2.05) is 6.07 Å². The Balaban J connectivity index is 1.44. The van der Waals surface area contributed by atoms with Gasteiger partial charge < -0.3 is 19.1 Å². The average molecular weight is 479 g/mol. The van der Waals surface area contributed by atoms with E-state index < -0.39 is 21.6 Å². The SMILES string of the molecule is COc1ccc(CC(=O)N2CCC3(CC2)OCCN3S(=O)(=O)c2ccc(F)cc2)cc1OC. The number of hydrogen-bond donors (Lipinski definition) is 0. The van der Waals surface area contributed by atoms with E-state index in [2.05, 4.69) is 0 Å². The molecule has 1 spiro atoms. The van der Waals surface area contributed by atoms with Crippen LogP contribution in [-0.4, -0.2) is 69.7 Å². The molecule has 0 N–H and O–H groups in total. The molecule has 0 aliphatic carbocycles. The van der Waals surface area contributed by atoms with Crippen molar-refractivity contribution in [3.8, 4) is 11.5 Å². The molecule has 2 saturated heterocycles. The van der Waals surface area contributed by atoms with Crippen LogP contribution in [0, 0.1) is 5.82 Å². The third-order valence-electron chi connectivity index (χ3n) is 6.22. The molecule has 2 aromatic rings. The second kappa shape index (κ2) is 9.28. The Morgan fingerprint density at radius 2 is 1.70 bits per heavy atom. The van der Waals surface area contributed by atoms with E-state index in [1.54, 1.807) is 31.3 Å². The smallest absolute Gasteiger partial charge is 0.245 e. The van der Waals surface area contributed by atoms with Gasteiger partial charge in [-0.15, -0.1) is 0 Å². The molecule has 8 nitrogen and oxygen atoms in total. The van der Waals surface area contributed by atoms with Crippen molar-refractivity contribution >= 4 is 15.9 Å². The molecule has 0 saturated carbocycles. The molecule has 0 bridgehead atoms. The number of amides is 1. The van der Waals surface area contributed by atoms with E-state index in [1.165, 1.54) is 16.4 Å². The highest BCUT2D eigenvalue weighted by atomic mass is 32.2. The Morgan fingerprint density at radius 1 is 1.03 bits per heavy atom. The first kappa shape index (κ1) is 23.5. The molecule has 0 atom stereocenters. The molecule has 1 amide bonds. The Hall–Kier alpha value is -2.69. The largest absolute Gasteiger partial charge is 0.493 e. The number of piperidine rings is 1. The second-order valence-electron chi connectivity index (χ2n) is 8.07. The van der Waals surface area contributed by atoms with E-state index in [9.17, 15) is 17.6 Å². The summed E-state index contributed by atoms with van der Waals surface area (Å²) in [6.45, 7) is 1.25. The molecule has 4 rings (SSSR count). The number of carbonyl (C=O) groups excluding carboxylic acids is 1. The maximum atomic E-state index is 13.3. The maximum absolute atomic E-state index is 13.3. The van der Waals surface area contributed by atoms with Crippen molar-refractivity contribution in [1.29, 1.82) is 0 Å².